The van der Waals surface area contributed by atoms with Gasteiger partial charge in [-0.05, 0) is 49.2 Å². The number of halogens is 1. The van der Waals surface area contributed by atoms with Crippen molar-refractivity contribution in [3.63, 3.8) is 0 Å². The monoisotopic (exact) mass is 515 g/mol. The maximum Gasteiger partial charge on any atom is 0.336 e. The zero-order valence-corrected chi connectivity index (χ0v) is 21.5. The van der Waals surface area contributed by atoms with Crippen LogP contribution < -0.4 is 14.8 Å². The fraction of sp³-hybridized carbons (Fsp3) is 0.200. The summed E-state index contributed by atoms with van der Waals surface area (Å²) in [6, 6.07) is 20.4. The molecule has 0 spiro atoms. The molecule has 0 saturated carbocycles. The summed E-state index contributed by atoms with van der Waals surface area (Å²) in [6.45, 7) is 4.47. The average Bonchev–Trinajstić information content (AvgIpc) is 3.19. The van der Waals surface area contributed by atoms with Crippen LogP contribution in [-0.2, 0) is 16.1 Å². The second-order valence-electron chi connectivity index (χ2n) is 8.81. The van der Waals surface area contributed by atoms with E-state index in [2.05, 4.69) is 5.32 Å². The topological polar surface area (TPSA) is 73.9 Å². The first kappa shape index (κ1) is 24.7. The lowest BCUT2D eigenvalue weighted by Gasteiger charge is -2.29. The second-order valence-corrected chi connectivity index (χ2v) is 9.24. The molecule has 3 aromatic rings. The SMILES string of the molecule is CCOc1cc([C@H]2C(C(=O)OC)=C(C)NC3=C2C(=O)c2ccccc23)ccc1OCc1ccc(Cl)cc1. The highest BCUT2D eigenvalue weighted by atomic mass is 35.5. The Hall–Kier alpha value is -4.03. The van der Waals surface area contributed by atoms with Gasteiger partial charge in [-0.2, -0.15) is 0 Å². The molecule has 188 valence electrons. The minimum absolute atomic E-state index is 0.113. The van der Waals surface area contributed by atoms with Crippen LogP contribution in [0.15, 0.2) is 83.6 Å². The van der Waals surface area contributed by atoms with E-state index in [1.54, 1.807) is 6.07 Å². The molecule has 2 aliphatic rings. The van der Waals surface area contributed by atoms with Crippen LogP contribution in [0.25, 0.3) is 5.70 Å². The molecular weight excluding hydrogens is 490 g/mol. The molecule has 0 radical (unpaired) electrons. The molecule has 1 aliphatic heterocycles. The van der Waals surface area contributed by atoms with Gasteiger partial charge in [0.05, 0.1) is 25.0 Å². The molecule has 37 heavy (non-hydrogen) atoms. The van der Waals surface area contributed by atoms with Gasteiger partial charge in [0.25, 0.3) is 0 Å². The number of esters is 1. The Morgan fingerprint density at radius 2 is 1.70 bits per heavy atom. The molecule has 1 heterocycles. The van der Waals surface area contributed by atoms with Crippen LogP contribution in [0.3, 0.4) is 0 Å². The second kappa shape index (κ2) is 10.1. The first-order valence-electron chi connectivity index (χ1n) is 12.0. The predicted octanol–water partition coefficient (Wildman–Crippen LogP) is 6.06. The van der Waals surface area contributed by atoms with Gasteiger partial charge in [-0.15, -0.1) is 0 Å². The van der Waals surface area contributed by atoms with E-state index < -0.39 is 11.9 Å². The van der Waals surface area contributed by atoms with Gasteiger partial charge < -0.3 is 19.5 Å². The summed E-state index contributed by atoms with van der Waals surface area (Å²) in [7, 11) is 1.34. The van der Waals surface area contributed by atoms with Crippen molar-refractivity contribution >= 4 is 29.1 Å². The number of ketones is 1. The third kappa shape index (κ3) is 4.49. The number of fused-ring (bicyclic) bond motifs is 2. The fourth-order valence-electron chi connectivity index (χ4n) is 4.88. The van der Waals surface area contributed by atoms with Crippen LogP contribution in [0.2, 0.25) is 5.02 Å². The van der Waals surface area contributed by atoms with E-state index in [-0.39, 0.29) is 5.78 Å². The van der Waals surface area contributed by atoms with Crippen molar-refractivity contribution in [2.75, 3.05) is 13.7 Å². The highest BCUT2D eigenvalue weighted by molar-refractivity contribution is 6.30. The summed E-state index contributed by atoms with van der Waals surface area (Å²) in [5, 5.41) is 3.96. The molecule has 1 N–H and O–H groups in total. The van der Waals surface area contributed by atoms with Crippen molar-refractivity contribution in [3.05, 3.63) is 111 Å². The number of allylic oxidation sites excluding steroid dienone is 2. The number of hydrogen-bond donors (Lipinski definition) is 1. The van der Waals surface area contributed by atoms with E-state index in [1.807, 2.05) is 74.5 Å². The number of dihydropyridines is 1. The number of ether oxygens (including phenoxy) is 3. The number of benzene rings is 3. The number of methoxy groups -OCH3 is 1. The molecular formula is C30H26ClNO5. The quantitative estimate of drug-likeness (QED) is 0.386. The van der Waals surface area contributed by atoms with E-state index in [0.29, 0.717) is 52.1 Å². The van der Waals surface area contributed by atoms with Crippen LogP contribution in [0.4, 0.5) is 0 Å². The standard InChI is InChI=1S/C30H26ClNO5/c1-4-36-24-15-19(11-14-23(24)37-16-18-9-12-20(31)13-10-18)26-25(30(34)35-3)17(2)32-28-21-7-5-6-8-22(21)29(33)27(26)28/h5-15,26,32H,4,16H2,1-3H3/t26-/m0/s1. The van der Waals surface area contributed by atoms with E-state index in [9.17, 15) is 9.59 Å². The molecule has 5 rings (SSSR count). The van der Waals surface area contributed by atoms with E-state index in [0.717, 1.165) is 22.4 Å². The number of carbonyl (C=O) groups is 2. The summed E-state index contributed by atoms with van der Waals surface area (Å²) in [5.74, 6) is -0.151. The fourth-order valence-corrected chi connectivity index (χ4v) is 5.00. The van der Waals surface area contributed by atoms with Crippen molar-refractivity contribution in [2.45, 2.75) is 26.4 Å². The molecule has 3 aromatic carbocycles. The van der Waals surface area contributed by atoms with Gasteiger partial charge in [-0.1, -0.05) is 54.1 Å². The van der Waals surface area contributed by atoms with Crippen molar-refractivity contribution in [1.29, 1.82) is 0 Å². The molecule has 6 nitrogen and oxygen atoms in total. The first-order valence-corrected chi connectivity index (χ1v) is 12.4. The average molecular weight is 516 g/mol. The lowest BCUT2D eigenvalue weighted by Crippen LogP contribution is -2.29. The first-order chi connectivity index (χ1) is 17.9. The molecule has 0 saturated heterocycles. The van der Waals surface area contributed by atoms with E-state index in [1.165, 1.54) is 7.11 Å². The van der Waals surface area contributed by atoms with Crippen LogP contribution in [0.5, 0.6) is 11.5 Å². The maximum atomic E-state index is 13.6. The van der Waals surface area contributed by atoms with Gasteiger partial charge in [-0.25, -0.2) is 4.79 Å². The Morgan fingerprint density at radius 3 is 2.41 bits per heavy atom. The van der Waals surface area contributed by atoms with E-state index >= 15 is 0 Å². The van der Waals surface area contributed by atoms with Gasteiger partial charge in [-0.3, -0.25) is 4.79 Å². The minimum Gasteiger partial charge on any atom is -0.490 e. The third-order valence-electron chi connectivity index (χ3n) is 6.56. The predicted molar refractivity (Wildman–Crippen MR) is 142 cm³/mol. The summed E-state index contributed by atoms with van der Waals surface area (Å²) in [6.07, 6.45) is 0. The van der Waals surface area contributed by atoms with Crippen molar-refractivity contribution < 1.29 is 23.8 Å². The highest BCUT2D eigenvalue weighted by Crippen LogP contribution is 2.48. The number of Topliss-reactive ketones (excluding diaryl/α,β-unsaturated/α-hetero) is 1. The minimum atomic E-state index is -0.631. The summed E-state index contributed by atoms with van der Waals surface area (Å²) >= 11 is 5.99. The molecule has 0 fully saturated rings. The molecule has 0 bridgehead atoms. The molecule has 0 aromatic heterocycles. The summed E-state index contributed by atoms with van der Waals surface area (Å²) < 4.78 is 17.1. The van der Waals surface area contributed by atoms with Crippen LogP contribution in [0, 0.1) is 0 Å². The smallest absolute Gasteiger partial charge is 0.336 e. The number of hydrogen-bond acceptors (Lipinski definition) is 6. The third-order valence-corrected chi connectivity index (χ3v) is 6.81. The molecule has 1 atom stereocenters. The largest absolute Gasteiger partial charge is 0.490 e. The van der Waals surface area contributed by atoms with Crippen LogP contribution in [-0.4, -0.2) is 25.5 Å². The van der Waals surface area contributed by atoms with Gasteiger partial charge in [0, 0.05) is 33.3 Å². The summed E-state index contributed by atoms with van der Waals surface area (Å²) in [4.78, 5) is 26.6. The van der Waals surface area contributed by atoms with Gasteiger partial charge >= 0.3 is 5.97 Å². The zero-order chi connectivity index (χ0) is 26.1. The summed E-state index contributed by atoms with van der Waals surface area (Å²) in [5.41, 5.74) is 5.39. The lowest BCUT2D eigenvalue weighted by atomic mass is 9.79. The number of nitrogens with one attached hydrogen (secondary N) is 1. The Bertz CT molecular complexity index is 1460. The Labute approximate surface area is 220 Å². The van der Waals surface area contributed by atoms with Crippen molar-refractivity contribution in [1.82, 2.24) is 5.32 Å². The molecule has 0 unspecified atom stereocenters. The van der Waals surface area contributed by atoms with Gasteiger partial charge in [0.1, 0.15) is 6.61 Å². The zero-order valence-electron chi connectivity index (χ0n) is 20.8. The van der Waals surface area contributed by atoms with Gasteiger partial charge in [0.2, 0.25) is 0 Å². The normalized spacial score (nSPS) is 16.2. The molecule has 1 aliphatic carbocycles. The number of carbonyl (C=O) groups excluding carboxylic acids is 2. The molecule has 7 heteroatoms. The Balaban J connectivity index is 1.57. The van der Waals surface area contributed by atoms with Crippen molar-refractivity contribution in [3.8, 4) is 11.5 Å². The van der Waals surface area contributed by atoms with Crippen molar-refractivity contribution in [2.24, 2.45) is 0 Å². The lowest BCUT2D eigenvalue weighted by molar-refractivity contribution is -0.136. The highest BCUT2D eigenvalue weighted by Gasteiger charge is 2.43. The van der Waals surface area contributed by atoms with Gasteiger partial charge in [0.15, 0.2) is 17.3 Å². The Kier molecular flexibility index (Phi) is 6.76. The van der Waals surface area contributed by atoms with Crippen LogP contribution in [0.1, 0.15) is 46.8 Å². The number of rotatable bonds is 7. The van der Waals surface area contributed by atoms with E-state index in [4.69, 9.17) is 25.8 Å². The Morgan fingerprint density at radius 1 is 0.973 bits per heavy atom. The maximum absolute atomic E-state index is 13.6. The molecule has 0 amide bonds. The van der Waals surface area contributed by atoms with Crippen LogP contribution >= 0.6 is 11.6 Å².